The summed E-state index contributed by atoms with van der Waals surface area (Å²) >= 11 is 6.36. The molecule has 2 aliphatic rings. The second kappa shape index (κ2) is 9.97. The summed E-state index contributed by atoms with van der Waals surface area (Å²) in [7, 11) is 1.73. The van der Waals surface area contributed by atoms with Crippen molar-refractivity contribution in [3.63, 3.8) is 0 Å². The number of nitrogens with one attached hydrogen (secondary N) is 2. The third-order valence-corrected chi connectivity index (χ3v) is 6.64. The number of benzene rings is 2. The van der Waals surface area contributed by atoms with Crippen molar-refractivity contribution >= 4 is 52.0 Å². The molecule has 10 heteroatoms. The van der Waals surface area contributed by atoms with Gasteiger partial charge in [0.15, 0.2) is 12.4 Å². The summed E-state index contributed by atoms with van der Waals surface area (Å²) < 4.78 is 5.49. The topological polar surface area (TPSA) is 85.9 Å². The lowest BCUT2D eigenvalue weighted by Crippen LogP contribution is -2.46. The van der Waals surface area contributed by atoms with E-state index in [0.29, 0.717) is 28.2 Å². The summed E-state index contributed by atoms with van der Waals surface area (Å²) in [6.45, 7) is 7.61. The van der Waals surface area contributed by atoms with Gasteiger partial charge in [0, 0.05) is 50.3 Å². The number of halogens is 1. The maximum absolute atomic E-state index is 12.0. The van der Waals surface area contributed by atoms with Gasteiger partial charge >= 0.3 is 0 Å². The number of amides is 1. The Hall–Kier alpha value is -3.56. The molecule has 2 aromatic carbocycles. The van der Waals surface area contributed by atoms with E-state index in [1.165, 1.54) is 5.69 Å². The Kier molecular flexibility index (Phi) is 6.61. The molecule has 1 amide bonds. The monoisotopic (exact) mass is 493 g/mol. The van der Waals surface area contributed by atoms with Crippen molar-refractivity contribution in [1.29, 1.82) is 0 Å². The van der Waals surface area contributed by atoms with Gasteiger partial charge in [-0.25, -0.2) is 4.98 Å². The Morgan fingerprint density at radius 1 is 1.03 bits per heavy atom. The van der Waals surface area contributed by atoms with Crippen LogP contribution in [-0.4, -0.2) is 67.2 Å². The number of rotatable bonds is 6. The van der Waals surface area contributed by atoms with Gasteiger partial charge in [-0.3, -0.25) is 4.79 Å². The van der Waals surface area contributed by atoms with E-state index in [9.17, 15) is 4.79 Å². The van der Waals surface area contributed by atoms with E-state index in [1.807, 2.05) is 30.3 Å². The third-order valence-electron chi connectivity index (χ3n) is 6.36. The first-order chi connectivity index (χ1) is 17.0. The summed E-state index contributed by atoms with van der Waals surface area (Å²) in [5, 5.41) is 6.85. The fraction of sp³-hybridized carbons (Fsp3) is 0.320. The van der Waals surface area contributed by atoms with Gasteiger partial charge in [0.05, 0.1) is 11.9 Å². The summed E-state index contributed by atoms with van der Waals surface area (Å²) in [6, 6.07) is 13.8. The molecule has 2 N–H and O–H groups in total. The van der Waals surface area contributed by atoms with Gasteiger partial charge in [-0.05, 0) is 49.0 Å². The molecule has 2 aliphatic heterocycles. The van der Waals surface area contributed by atoms with E-state index in [1.54, 1.807) is 18.1 Å². The third kappa shape index (κ3) is 5.11. The lowest BCUT2D eigenvalue weighted by molar-refractivity contribution is -0.120. The average Bonchev–Trinajstić information content (AvgIpc) is 2.89. The largest absolute Gasteiger partial charge is 0.482 e. The Morgan fingerprint density at radius 3 is 2.51 bits per heavy atom. The molecule has 9 nitrogen and oxygen atoms in total. The van der Waals surface area contributed by atoms with Gasteiger partial charge in [-0.15, -0.1) is 0 Å². The molecule has 0 atom stereocenters. The van der Waals surface area contributed by atoms with Crippen molar-refractivity contribution in [2.45, 2.75) is 6.92 Å². The predicted molar refractivity (Wildman–Crippen MR) is 140 cm³/mol. The van der Waals surface area contributed by atoms with Crippen molar-refractivity contribution in [2.24, 2.45) is 0 Å². The summed E-state index contributed by atoms with van der Waals surface area (Å²) in [4.78, 5) is 27.3. The average molecular weight is 494 g/mol. The second-order valence-electron chi connectivity index (χ2n) is 8.53. The van der Waals surface area contributed by atoms with Crippen LogP contribution in [0.1, 0.15) is 6.92 Å². The molecule has 0 spiro atoms. The summed E-state index contributed by atoms with van der Waals surface area (Å²) in [5.41, 5.74) is 3.52. The zero-order valence-corrected chi connectivity index (χ0v) is 20.5. The smallest absolute Gasteiger partial charge is 0.264 e. The maximum Gasteiger partial charge on any atom is 0.264 e. The minimum absolute atomic E-state index is 0.0412. The number of aromatic nitrogens is 2. The summed E-state index contributed by atoms with van der Waals surface area (Å²) in [6.07, 6.45) is 1.55. The van der Waals surface area contributed by atoms with Crippen molar-refractivity contribution in [2.75, 3.05) is 66.8 Å². The second-order valence-corrected chi connectivity index (χ2v) is 8.94. The molecule has 0 unspecified atom stereocenters. The van der Waals surface area contributed by atoms with Crippen LogP contribution in [0.25, 0.3) is 0 Å². The minimum atomic E-state index is -0.101. The highest BCUT2D eigenvalue weighted by molar-refractivity contribution is 6.32. The van der Waals surface area contributed by atoms with Crippen molar-refractivity contribution in [3.8, 4) is 5.75 Å². The first-order valence-corrected chi connectivity index (χ1v) is 12.1. The fourth-order valence-corrected chi connectivity index (χ4v) is 4.35. The number of hydrogen-bond acceptors (Lipinski definition) is 8. The van der Waals surface area contributed by atoms with Gasteiger partial charge in [0.25, 0.3) is 5.91 Å². The van der Waals surface area contributed by atoms with E-state index in [0.717, 1.165) is 44.1 Å². The number of hydrogen-bond donors (Lipinski definition) is 2. The molecule has 0 bridgehead atoms. The van der Waals surface area contributed by atoms with E-state index in [4.69, 9.17) is 16.3 Å². The molecular weight excluding hydrogens is 466 g/mol. The Bertz CT molecular complexity index is 1210. The number of nitrogens with zero attached hydrogens (tertiary/aromatic N) is 5. The quantitative estimate of drug-likeness (QED) is 0.530. The van der Waals surface area contributed by atoms with Crippen LogP contribution in [0.15, 0.2) is 48.7 Å². The lowest BCUT2D eigenvalue weighted by Gasteiger charge is -2.35. The molecule has 35 heavy (non-hydrogen) atoms. The van der Waals surface area contributed by atoms with Crippen molar-refractivity contribution in [3.05, 3.63) is 53.7 Å². The van der Waals surface area contributed by atoms with Crippen LogP contribution in [0.2, 0.25) is 5.02 Å². The molecule has 0 aliphatic carbocycles. The number of carbonyl (C=O) groups is 1. The van der Waals surface area contributed by atoms with Gasteiger partial charge in [0.1, 0.15) is 10.8 Å². The molecule has 5 rings (SSSR count). The molecule has 1 fully saturated rings. The molecule has 1 aromatic heterocycles. The fourth-order valence-electron chi connectivity index (χ4n) is 4.21. The number of fused-ring (bicyclic) bond motifs is 1. The highest BCUT2D eigenvalue weighted by Crippen LogP contribution is 2.35. The maximum atomic E-state index is 12.0. The SMILES string of the molecule is CCN1CCN(c2ccc(Nc3ncc(Cl)c(Nc4ccc5c(c4)N(C)C(=O)CO5)n3)cc2)CC1. The van der Waals surface area contributed by atoms with Crippen LogP contribution < -0.4 is 25.2 Å². The Labute approximate surface area is 209 Å². The highest BCUT2D eigenvalue weighted by atomic mass is 35.5. The number of piperazine rings is 1. The first kappa shape index (κ1) is 23.2. The van der Waals surface area contributed by atoms with Crippen LogP contribution in [-0.2, 0) is 4.79 Å². The van der Waals surface area contributed by atoms with Crippen molar-refractivity contribution < 1.29 is 9.53 Å². The Morgan fingerprint density at radius 2 is 1.77 bits per heavy atom. The number of ether oxygens (including phenoxy) is 1. The molecule has 3 aromatic rings. The molecule has 182 valence electrons. The van der Waals surface area contributed by atoms with Crippen molar-refractivity contribution in [1.82, 2.24) is 14.9 Å². The van der Waals surface area contributed by atoms with Crippen LogP contribution in [0, 0.1) is 0 Å². The van der Waals surface area contributed by atoms with Gasteiger partial charge in [-0.2, -0.15) is 4.98 Å². The van der Waals surface area contributed by atoms with Crippen LogP contribution in [0.3, 0.4) is 0 Å². The highest BCUT2D eigenvalue weighted by Gasteiger charge is 2.22. The Balaban J connectivity index is 1.27. The molecule has 0 radical (unpaired) electrons. The molecule has 0 saturated carbocycles. The summed E-state index contributed by atoms with van der Waals surface area (Å²) in [5.74, 6) is 1.44. The van der Waals surface area contributed by atoms with Gasteiger partial charge in [-0.1, -0.05) is 18.5 Å². The molecular formula is C25H28ClN7O2. The number of anilines is 6. The van der Waals surface area contributed by atoms with E-state index >= 15 is 0 Å². The molecule has 3 heterocycles. The minimum Gasteiger partial charge on any atom is -0.482 e. The zero-order chi connectivity index (χ0) is 24.4. The number of likely N-dealkylation sites (N-methyl/N-ethyl adjacent to an activating group) is 2. The first-order valence-electron chi connectivity index (χ1n) is 11.7. The van der Waals surface area contributed by atoms with E-state index in [-0.39, 0.29) is 12.5 Å². The van der Waals surface area contributed by atoms with Crippen LogP contribution in [0.4, 0.5) is 34.5 Å². The molecule has 1 saturated heterocycles. The van der Waals surface area contributed by atoms with Gasteiger partial charge in [0.2, 0.25) is 5.95 Å². The standard InChI is InChI=1S/C25H28ClN7O2/c1-3-32-10-12-33(13-11-32)19-7-4-17(5-8-19)29-25-27-15-20(26)24(30-25)28-18-6-9-22-21(14-18)31(2)23(34)16-35-22/h4-9,14-15H,3,10-13,16H2,1-2H3,(H2,27,28,29,30). The van der Waals surface area contributed by atoms with Crippen LogP contribution in [0.5, 0.6) is 5.75 Å². The van der Waals surface area contributed by atoms with E-state index in [2.05, 4.69) is 49.5 Å². The normalized spacial score (nSPS) is 16.0. The van der Waals surface area contributed by atoms with Crippen LogP contribution >= 0.6 is 11.6 Å². The predicted octanol–water partition coefficient (Wildman–Crippen LogP) is 4.11. The zero-order valence-electron chi connectivity index (χ0n) is 19.8. The lowest BCUT2D eigenvalue weighted by atomic mass is 10.2. The van der Waals surface area contributed by atoms with E-state index < -0.39 is 0 Å². The van der Waals surface area contributed by atoms with Gasteiger partial charge < -0.3 is 30.1 Å². The number of carbonyl (C=O) groups excluding carboxylic acids is 1.